The van der Waals surface area contributed by atoms with E-state index < -0.39 is 0 Å². The molecule has 4 heterocycles. The highest BCUT2D eigenvalue weighted by Gasteiger charge is 2.26. The summed E-state index contributed by atoms with van der Waals surface area (Å²) < 4.78 is 10.2. The second-order valence-electron chi connectivity index (χ2n) is 7.77. The summed E-state index contributed by atoms with van der Waals surface area (Å²) in [7, 11) is 0. The zero-order valence-corrected chi connectivity index (χ0v) is 17.8. The predicted molar refractivity (Wildman–Crippen MR) is 115 cm³/mol. The smallest absolute Gasteiger partial charge is 0.280 e. The number of hydrogen-bond acceptors (Lipinski definition) is 5. The Balaban J connectivity index is 1.48. The van der Waals surface area contributed by atoms with Crippen molar-refractivity contribution < 1.29 is 4.74 Å². The minimum atomic E-state index is 0.00847. The molecule has 0 saturated carbocycles. The number of fused-ring (bicyclic) bond motifs is 2. The van der Waals surface area contributed by atoms with Gasteiger partial charge in [-0.2, -0.15) is 0 Å². The number of nitrogens with zero attached hydrogens (tertiary/aromatic N) is 5. The van der Waals surface area contributed by atoms with Gasteiger partial charge in [-0.1, -0.05) is 28.1 Å². The van der Waals surface area contributed by atoms with Gasteiger partial charge in [-0.3, -0.25) is 9.36 Å². The quantitative estimate of drug-likeness (QED) is 0.602. The molecule has 1 aromatic carbocycles. The predicted octanol–water partition coefficient (Wildman–Crippen LogP) is 3.00. The van der Waals surface area contributed by atoms with Crippen molar-refractivity contribution in [3.8, 4) is 0 Å². The molecule has 5 rings (SSSR count). The van der Waals surface area contributed by atoms with Gasteiger partial charge in [0.2, 0.25) is 5.95 Å². The summed E-state index contributed by atoms with van der Waals surface area (Å²) in [6.07, 6.45) is 5.40. The first kappa shape index (κ1) is 18.8. The molecule has 2 aliphatic rings. The second kappa shape index (κ2) is 7.91. The Morgan fingerprint density at radius 3 is 2.72 bits per heavy atom. The third-order valence-electron chi connectivity index (χ3n) is 5.92. The SMILES string of the molecule is O=c1c2cnc(C3CCOCC3)n2nc2n1CCCN2CCc1ccc(Br)cc1. The van der Waals surface area contributed by atoms with Crippen LogP contribution < -0.4 is 10.5 Å². The molecule has 1 saturated heterocycles. The molecule has 0 amide bonds. The molecule has 7 nitrogen and oxygen atoms in total. The molecular weight excluding hydrogens is 434 g/mol. The van der Waals surface area contributed by atoms with E-state index in [0.717, 1.165) is 68.2 Å². The Labute approximate surface area is 177 Å². The van der Waals surface area contributed by atoms with Crippen molar-refractivity contribution >= 4 is 27.4 Å². The van der Waals surface area contributed by atoms with Gasteiger partial charge in [-0.25, -0.2) is 9.50 Å². The Morgan fingerprint density at radius 2 is 1.93 bits per heavy atom. The van der Waals surface area contributed by atoms with Crippen molar-refractivity contribution in [2.45, 2.75) is 38.1 Å². The Kier molecular flexibility index (Phi) is 5.13. The summed E-state index contributed by atoms with van der Waals surface area (Å²) in [5, 5.41) is 4.91. The monoisotopic (exact) mass is 457 g/mol. The molecule has 0 N–H and O–H groups in total. The van der Waals surface area contributed by atoms with Crippen LogP contribution in [0.1, 0.15) is 36.6 Å². The number of rotatable bonds is 4. The molecule has 29 heavy (non-hydrogen) atoms. The number of anilines is 1. The average molecular weight is 458 g/mol. The lowest BCUT2D eigenvalue weighted by molar-refractivity contribution is 0.0832. The maximum atomic E-state index is 13.1. The number of ether oxygens (including phenoxy) is 1. The minimum absolute atomic E-state index is 0.00847. The van der Waals surface area contributed by atoms with Gasteiger partial charge in [0.25, 0.3) is 5.56 Å². The minimum Gasteiger partial charge on any atom is -0.381 e. The molecule has 1 fully saturated rings. The molecule has 0 spiro atoms. The topological polar surface area (TPSA) is 64.7 Å². The first-order valence-corrected chi connectivity index (χ1v) is 11.1. The molecule has 0 unspecified atom stereocenters. The number of benzene rings is 1. The van der Waals surface area contributed by atoms with Gasteiger partial charge in [0, 0.05) is 43.2 Å². The summed E-state index contributed by atoms with van der Waals surface area (Å²) >= 11 is 3.49. The third-order valence-corrected chi connectivity index (χ3v) is 6.45. The van der Waals surface area contributed by atoms with Crippen LogP contribution in [0.2, 0.25) is 0 Å². The van der Waals surface area contributed by atoms with Crippen LogP contribution >= 0.6 is 15.9 Å². The van der Waals surface area contributed by atoms with Crippen molar-refractivity contribution in [2.24, 2.45) is 0 Å². The van der Waals surface area contributed by atoms with E-state index in [9.17, 15) is 4.79 Å². The number of aromatic nitrogens is 4. The fourth-order valence-electron chi connectivity index (χ4n) is 4.30. The van der Waals surface area contributed by atoms with Crippen LogP contribution in [0.4, 0.5) is 5.95 Å². The van der Waals surface area contributed by atoms with Crippen molar-refractivity contribution in [3.05, 3.63) is 56.7 Å². The number of imidazole rings is 1. The summed E-state index contributed by atoms with van der Waals surface area (Å²) in [6.45, 7) is 3.94. The highest BCUT2D eigenvalue weighted by molar-refractivity contribution is 9.10. The van der Waals surface area contributed by atoms with Crippen LogP contribution in [0.15, 0.2) is 39.7 Å². The standard InChI is InChI=1S/C21H24BrN5O2/c22-17-4-2-15(3-5-17)6-11-25-9-1-10-26-20(28)18-14-23-19(27(18)24-21(25)26)16-7-12-29-13-8-16/h2-5,14,16H,1,6-13H2. The Hall–Kier alpha value is -2.19. The third kappa shape index (κ3) is 3.59. The van der Waals surface area contributed by atoms with Gasteiger partial charge in [0.05, 0.1) is 6.20 Å². The lowest BCUT2D eigenvalue weighted by Crippen LogP contribution is -2.40. The maximum absolute atomic E-state index is 13.1. The van der Waals surface area contributed by atoms with Crippen molar-refractivity contribution in [1.82, 2.24) is 19.2 Å². The Morgan fingerprint density at radius 1 is 1.14 bits per heavy atom. The summed E-state index contributed by atoms with van der Waals surface area (Å²) in [4.78, 5) is 20.0. The molecule has 0 radical (unpaired) electrons. The molecule has 8 heteroatoms. The van der Waals surface area contributed by atoms with E-state index >= 15 is 0 Å². The fourth-order valence-corrected chi connectivity index (χ4v) is 4.56. The molecule has 152 valence electrons. The van der Waals surface area contributed by atoms with Gasteiger partial charge < -0.3 is 9.64 Å². The van der Waals surface area contributed by atoms with Crippen molar-refractivity contribution in [3.63, 3.8) is 0 Å². The summed E-state index contributed by atoms with van der Waals surface area (Å²) in [6, 6.07) is 8.41. The molecule has 2 aromatic heterocycles. The highest BCUT2D eigenvalue weighted by Crippen LogP contribution is 2.26. The molecule has 3 aromatic rings. The van der Waals surface area contributed by atoms with Gasteiger partial charge in [0.15, 0.2) is 5.52 Å². The van der Waals surface area contributed by atoms with Gasteiger partial charge in [0.1, 0.15) is 5.82 Å². The molecule has 0 atom stereocenters. The Bertz CT molecular complexity index is 1070. The van der Waals surface area contributed by atoms with E-state index in [-0.39, 0.29) is 5.56 Å². The van der Waals surface area contributed by atoms with E-state index in [1.165, 1.54) is 5.56 Å². The number of halogens is 1. The summed E-state index contributed by atoms with van der Waals surface area (Å²) in [5.41, 5.74) is 1.86. The van der Waals surface area contributed by atoms with Crippen molar-refractivity contribution in [1.29, 1.82) is 0 Å². The van der Waals surface area contributed by atoms with Crippen LogP contribution in [0.3, 0.4) is 0 Å². The van der Waals surface area contributed by atoms with Gasteiger partial charge in [-0.05, 0) is 43.4 Å². The van der Waals surface area contributed by atoms with E-state index in [4.69, 9.17) is 9.84 Å². The van der Waals surface area contributed by atoms with Crippen LogP contribution in [0.25, 0.3) is 5.52 Å². The molecule has 0 aliphatic carbocycles. The van der Waals surface area contributed by atoms with E-state index in [2.05, 4.69) is 50.1 Å². The number of hydrogen-bond donors (Lipinski definition) is 0. The fraction of sp³-hybridized carbons (Fsp3) is 0.476. The van der Waals surface area contributed by atoms with E-state index in [1.54, 1.807) is 10.7 Å². The molecule has 2 aliphatic heterocycles. The van der Waals surface area contributed by atoms with Gasteiger partial charge in [-0.15, -0.1) is 5.10 Å². The van der Waals surface area contributed by atoms with E-state index in [1.807, 2.05) is 4.57 Å². The van der Waals surface area contributed by atoms with Gasteiger partial charge >= 0.3 is 0 Å². The first-order chi connectivity index (χ1) is 14.2. The lowest BCUT2D eigenvalue weighted by atomic mass is 10.00. The average Bonchev–Trinajstić information content (AvgIpc) is 3.19. The molecule has 0 bridgehead atoms. The molecular formula is C21H24BrN5O2. The van der Waals surface area contributed by atoms with Crippen LogP contribution in [0.5, 0.6) is 0 Å². The lowest BCUT2D eigenvalue weighted by Gasteiger charge is -2.31. The van der Waals surface area contributed by atoms with E-state index in [0.29, 0.717) is 18.0 Å². The highest BCUT2D eigenvalue weighted by atomic mass is 79.9. The second-order valence-corrected chi connectivity index (χ2v) is 8.69. The van der Waals surface area contributed by atoms with Crippen molar-refractivity contribution in [2.75, 3.05) is 31.2 Å². The maximum Gasteiger partial charge on any atom is 0.280 e. The van der Waals surface area contributed by atoms with Crippen LogP contribution in [-0.2, 0) is 17.7 Å². The zero-order chi connectivity index (χ0) is 19.8. The van der Waals surface area contributed by atoms with Crippen LogP contribution in [0, 0.1) is 0 Å². The normalized spacial score (nSPS) is 17.6. The summed E-state index contributed by atoms with van der Waals surface area (Å²) in [5.74, 6) is 1.94. The van der Waals surface area contributed by atoms with Crippen LogP contribution in [-0.4, -0.2) is 45.5 Å². The zero-order valence-electron chi connectivity index (χ0n) is 16.3. The first-order valence-electron chi connectivity index (χ1n) is 10.3. The largest absolute Gasteiger partial charge is 0.381 e.